The molecule has 2 aliphatic heterocycles. The van der Waals surface area contributed by atoms with Gasteiger partial charge in [0.05, 0.1) is 67.9 Å². The molecule has 6 heterocycles. The Bertz CT molecular complexity index is 3830. The molecule has 0 bridgehead atoms. The van der Waals surface area contributed by atoms with Crippen LogP contribution in [0, 0.1) is 20.8 Å². The van der Waals surface area contributed by atoms with Crippen LogP contribution in [0.25, 0.3) is 22.1 Å². The molecule has 21 nitrogen and oxygen atoms in total. The normalized spacial score (nSPS) is 14.8. The summed E-state index contributed by atoms with van der Waals surface area (Å²) >= 11 is 3.65. The van der Waals surface area contributed by atoms with Crippen LogP contribution in [-0.4, -0.2) is 175 Å². The zero-order valence-corrected chi connectivity index (χ0v) is 53.5. The zero-order chi connectivity index (χ0) is 59.6. The molecule has 4 aromatic heterocycles. The van der Waals surface area contributed by atoms with Crippen molar-refractivity contribution in [1.29, 1.82) is 0 Å². The van der Waals surface area contributed by atoms with Crippen LogP contribution in [0.15, 0.2) is 84.0 Å². The van der Waals surface area contributed by atoms with E-state index < -0.39 is 14.3 Å². The lowest BCUT2D eigenvalue weighted by Crippen LogP contribution is -2.52. The Kier molecular flexibility index (Phi) is 18.1. The minimum absolute atomic E-state index is 0.0734. The van der Waals surface area contributed by atoms with Crippen molar-refractivity contribution >= 4 is 121 Å². The van der Waals surface area contributed by atoms with Crippen molar-refractivity contribution in [1.82, 2.24) is 54.6 Å². The summed E-state index contributed by atoms with van der Waals surface area (Å²) in [6.07, 6.45) is 10.5. The number of hydrogen-bond acceptors (Lipinski definition) is 21. The minimum Gasteiger partial charge on any atom is -0.494 e. The van der Waals surface area contributed by atoms with Crippen LogP contribution < -0.4 is 51.1 Å². The number of piperazine rings is 1. The Balaban J connectivity index is 0.920. The van der Waals surface area contributed by atoms with Gasteiger partial charge in [0.15, 0.2) is 0 Å². The number of aromatic nitrogens is 8. The van der Waals surface area contributed by atoms with Crippen molar-refractivity contribution in [2.24, 2.45) is 0 Å². The second-order valence-corrected chi connectivity index (χ2v) is 30.1. The number of ether oxygens (including phenoxy) is 2. The number of halogens is 1. The highest BCUT2D eigenvalue weighted by Gasteiger charge is 2.29. The third-order valence-electron chi connectivity index (χ3n) is 15.5. The van der Waals surface area contributed by atoms with Crippen LogP contribution in [0.1, 0.15) is 35.2 Å². The third-order valence-corrected chi connectivity index (χ3v) is 19.1. The predicted molar refractivity (Wildman–Crippen MR) is 346 cm³/mol. The largest absolute Gasteiger partial charge is 0.494 e. The Morgan fingerprint density at radius 3 is 1.90 bits per heavy atom. The fraction of sp³-hybridized carbons (Fsp3) is 0.400. The van der Waals surface area contributed by atoms with Crippen molar-refractivity contribution in [3.05, 3.63) is 106 Å². The summed E-state index contributed by atoms with van der Waals surface area (Å²) in [5.41, 5.74) is 10.6. The van der Waals surface area contributed by atoms with Crippen LogP contribution in [-0.2, 0) is 15.7 Å². The van der Waals surface area contributed by atoms with E-state index in [-0.39, 0.29) is 6.61 Å². The van der Waals surface area contributed by atoms with E-state index in [2.05, 4.69) is 131 Å². The van der Waals surface area contributed by atoms with Gasteiger partial charge in [-0.3, -0.25) is 19.9 Å². The summed E-state index contributed by atoms with van der Waals surface area (Å²) in [7, 11) is 4.20. The van der Waals surface area contributed by atoms with Gasteiger partial charge in [0, 0.05) is 119 Å². The van der Waals surface area contributed by atoms with E-state index in [0.717, 1.165) is 93.3 Å². The lowest BCUT2D eigenvalue weighted by atomic mass is 10.0. The zero-order valence-electron chi connectivity index (χ0n) is 50.1. The molecular formula is C60H76BrN17O4P2. The summed E-state index contributed by atoms with van der Waals surface area (Å²) < 4.78 is 41.4. The summed E-state index contributed by atoms with van der Waals surface area (Å²) in [6.45, 7) is 21.1. The average Bonchev–Trinajstić information content (AvgIpc) is 1.74. The SMILES string of the molecule is COc1cc(N(C)CCN(C)C)c(C)cc1Nc1ncc(Br)c(Nc2ccc3nc(COc4cc(N5CCC(N6CCN(C)CC6)CC5)c(C)cc4Nc4ncc(C)c(Nc5ccc6nccnc6c5P(C)(C)=O)n4)cnc3c2P(C)(C)=O)n1. The Labute approximate surface area is 500 Å². The molecule has 0 atom stereocenters. The Morgan fingerprint density at radius 2 is 1.24 bits per heavy atom. The van der Waals surface area contributed by atoms with Crippen LogP contribution in [0.4, 0.5) is 57.7 Å². The molecule has 2 fully saturated rings. The number of anilines is 10. The van der Waals surface area contributed by atoms with Gasteiger partial charge < -0.3 is 59.5 Å². The first-order chi connectivity index (χ1) is 40.1. The number of hydrogen-bond donors (Lipinski definition) is 4. The highest BCUT2D eigenvalue weighted by Crippen LogP contribution is 2.44. The molecule has 0 unspecified atom stereocenters. The van der Waals surface area contributed by atoms with Crippen molar-refractivity contribution in [3.63, 3.8) is 0 Å². The first kappa shape index (κ1) is 60.1. The van der Waals surface area contributed by atoms with Gasteiger partial charge in [-0.2, -0.15) is 9.97 Å². The molecular weight excluding hydrogens is 1160 g/mol. The predicted octanol–water partition coefficient (Wildman–Crippen LogP) is 10.1. The fourth-order valence-corrected chi connectivity index (χ4v) is 14.1. The van der Waals surface area contributed by atoms with Crippen molar-refractivity contribution in [2.45, 2.75) is 46.3 Å². The average molecular weight is 1240 g/mol. The van der Waals surface area contributed by atoms with Gasteiger partial charge in [-0.25, -0.2) is 15.0 Å². The molecule has 442 valence electrons. The number of piperidine rings is 1. The fourth-order valence-electron chi connectivity index (χ4n) is 11.0. The van der Waals surface area contributed by atoms with Gasteiger partial charge in [-0.15, -0.1) is 0 Å². The van der Waals surface area contributed by atoms with Crippen molar-refractivity contribution < 1.29 is 18.6 Å². The van der Waals surface area contributed by atoms with E-state index in [1.807, 2.05) is 43.3 Å². The maximum absolute atomic E-state index is 14.3. The van der Waals surface area contributed by atoms with E-state index in [0.29, 0.717) is 107 Å². The van der Waals surface area contributed by atoms with E-state index in [1.54, 1.807) is 64.8 Å². The molecule has 2 aliphatic rings. The Hall–Kier alpha value is -7.06. The van der Waals surface area contributed by atoms with Gasteiger partial charge in [0.2, 0.25) is 11.9 Å². The minimum atomic E-state index is -3.01. The first-order valence-electron chi connectivity index (χ1n) is 28.2. The second-order valence-electron chi connectivity index (χ2n) is 22.9. The smallest absolute Gasteiger partial charge is 0.229 e. The van der Waals surface area contributed by atoms with Gasteiger partial charge >= 0.3 is 0 Å². The summed E-state index contributed by atoms with van der Waals surface area (Å²) in [5, 5.41) is 14.9. The summed E-state index contributed by atoms with van der Waals surface area (Å²) in [6, 6.07) is 16.3. The number of nitrogens with one attached hydrogen (secondary N) is 4. The first-order valence-corrected chi connectivity index (χ1v) is 34.2. The molecule has 84 heavy (non-hydrogen) atoms. The van der Waals surface area contributed by atoms with Crippen LogP contribution in [0.5, 0.6) is 11.5 Å². The quantitative estimate of drug-likeness (QED) is 0.0521. The highest BCUT2D eigenvalue weighted by atomic mass is 79.9. The standard InChI is InChI=1S/C60H76BrN17O4P2/c1-37-29-47(51(81-8)31-49(37)76(7)26-23-74(4)5)70-60-66-35-42(61)58(73-60)69-46-16-14-44-54(56(46)84(11,12)80)64-34-40(67-44)36-82-52-32-50(78-21-17-41(18-22-78)77-27-24-75(6)25-28-77)38(2)30-48(52)71-59-65-33-39(3)57(72-59)68-45-15-13-43-53(63-20-19-62-43)55(45)83(9,10)79/h13-16,19-20,29-35,41H,17-18,21-28,36H2,1-12H3,(H2,65,68,71,72)(H2,66,69,70,73). The van der Waals surface area contributed by atoms with Crippen LogP contribution in [0.2, 0.25) is 0 Å². The monoisotopic (exact) mass is 1240 g/mol. The molecule has 10 rings (SSSR count). The van der Waals surface area contributed by atoms with E-state index in [4.69, 9.17) is 34.4 Å². The molecule has 2 saturated heterocycles. The molecule has 0 spiro atoms. The number of methoxy groups -OCH3 is 1. The molecule has 0 radical (unpaired) electrons. The maximum Gasteiger partial charge on any atom is 0.229 e. The van der Waals surface area contributed by atoms with Crippen LogP contribution in [0.3, 0.4) is 0 Å². The van der Waals surface area contributed by atoms with E-state index in [9.17, 15) is 9.13 Å². The summed E-state index contributed by atoms with van der Waals surface area (Å²) in [5.74, 6) is 2.89. The Morgan fingerprint density at radius 1 is 0.631 bits per heavy atom. The van der Waals surface area contributed by atoms with Crippen LogP contribution >= 0.6 is 30.2 Å². The molecule has 4 N–H and O–H groups in total. The number of likely N-dealkylation sites (N-methyl/N-ethyl adjacent to an activating group) is 3. The van der Waals surface area contributed by atoms with Crippen molar-refractivity contribution in [3.8, 4) is 11.5 Å². The van der Waals surface area contributed by atoms with Gasteiger partial charge in [-0.05, 0) is 145 Å². The van der Waals surface area contributed by atoms with Gasteiger partial charge in [0.25, 0.3) is 0 Å². The van der Waals surface area contributed by atoms with Gasteiger partial charge in [0.1, 0.15) is 55.1 Å². The molecule has 24 heteroatoms. The molecule has 0 amide bonds. The molecule has 8 aromatic rings. The van der Waals surface area contributed by atoms with Gasteiger partial charge in [-0.1, -0.05) is 0 Å². The number of fused-ring (bicyclic) bond motifs is 2. The maximum atomic E-state index is 14.3. The third kappa shape index (κ3) is 13.7. The van der Waals surface area contributed by atoms with E-state index in [1.165, 1.54) is 0 Å². The molecule has 4 aromatic carbocycles. The molecule has 0 saturated carbocycles. The molecule has 0 aliphatic carbocycles. The lowest BCUT2D eigenvalue weighted by molar-refractivity contribution is 0.0982. The van der Waals surface area contributed by atoms with Crippen molar-refractivity contribution in [2.75, 3.05) is 145 Å². The lowest BCUT2D eigenvalue weighted by Gasteiger charge is -2.43. The number of aryl methyl sites for hydroxylation is 3. The van der Waals surface area contributed by atoms with E-state index >= 15 is 0 Å². The number of benzene rings is 4. The topological polar surface area (TPSA) is 220 Å². The second kappa shape index (κ2) is 25.3. The summed E-state index contributed by atoms with van der Waals surface area (Å²) in [4.78, 5) is 50.1. The highest BCUT2D eigenvalue weighted by molar-refractivity contribution is 9.10. The number of nitrogens with zero attached hydrogens (tertiary/aromatic N) is 13. The number of rotatable bonds is 20.